The van der Waals surface area contributed by atoms with E-state index in [1.54, 1.807) is 7.11 Å². The monoisotopic (exact) mass is 202 g/mol. The van der Waals surface area contributed by atoms with E-state index in [-0.39, 0.29) is 6.10 Å². The third-order valence-electron chi connectivity index (χ3n) is 2.66. The average Bonchev–Trinajstić information content (AvgIpc) is 2.41. The van der Waals surface area contributed by atoms with Gasteiger partial charge in [0.25, 0.3) is 0 Å². The van der Waals surface area contributed by atoms with Crippen LogP contribution >= 0.6 is 0 Å². The molecule has 0 aliphatic carbocycles. The Kier molecular flexibility index (Phi) is 4.81. The number of β-amino-alcohol motifs (C(OH)–C–C–N with tert-alkyl or cyclic N) is 1. The van der Waals surface area contributed by atoms with E-state index >= 15 is 0 Å². The van der Waals surface area contributed by atoms with E-state index in [4.69, 9.17) is 4.74 Å². The molecule has 0 aromatic rings. The van der Waals surface area contributed by atoms with E-state index in [0.29, 0.717) is 6.04 Å². The number of likely N-dealkylation sites (tertiary alicyclic amines) is 1. The largest absolute Gasteiger partial charge is 0.392 e. The lowest BCUT2D eigenvalue weighted by molar-refractivity contribution is 0.123. The second kappa shape index (κ2) is 5.66. The molecule has 84 valence electrons. The molecule has 4 nitrogen and oxygen atoms in total. The number of aliphatic hydroxyl groups excluding tert-OH is 1. The fourth-order valence-electron chi connectivity index (χ4n) is 2.05. The van der Waals surface area contributed by atoms with Crippen molar-refractivity contribution < 1.29 is 9.84 Å². The van der Waals surface area contributed by atoms with Crippen molar-refractivity contribution >= 4 is 0 Å². The summed E-state index contributed by atoms with van der Waals surface area (Å²) in [4.78, 5) is 4.48. The molecule has 0 radical (unpaired) electrons. The van der Waals surface area contributed by atoms with Gasteiger partial charge in [0.1, 0.15) is 0 Å². The molecule has 2 atom stereocenters. The summed E-state index contributed by atoms with van der Waals surface area (Å²) in [6, 6.07) is 0.482. The summed E-state index contributed by atoms with van der Waals surface area (Å²) in [7, 11) is 5.85. The summed E-state index contributed by atoms with van der Waals surface area (Å²) >= 11 is 0. The first-order chi connectivity index (χ1) is 6.63. The summed E-state index contributed by atoms with van der Waals surface area (Å²) in [5.41, 5.74) is 0. The van der Waals surface area contributed by atoms with Crippen molar-refractivity contribution in [3.8, 4) is 0 Å². The van der Waals surface area contributed by atoms with Gasteiger partial charge < -0.3 is 14.7 Å². The fraction of sp³-hybridized carbons (Fsp3) is 1.00. The molecule has 0 saturated carbocycles. The smallest absolute Gasteiger partial charge is 0.0682 e. The van der Waals surface area contributed by atoms with Gasteiger partial charge in [-0.3, -0.25) is 4.90 Å². The van der Waals surface area contributed by atoms with Crippen molar-refractivity contribution in [1.82, 2.24) is 9.80 Å². The first-order valence-corrected chi connectivity index (χ1v) is 5.19. The second-order valence-corrected chi connectivity index (χ2v) is 4.29. The summed E-state index contributed by atoms with van der Waals surface area (Å²) in [6.07, 6.45) is 0.735. The Morgan fingerprint density at radius 1 is 1.50 bits per heavy atom. The van der Waals surface area contributed by atoms with Gasteiger partial charge in [0.05, 0.1) is 12.7 Å². The topological polar surface area (TPSA) is 35.9 Å². The van der Waals surface area contributed by atoms with Gasteiger partial charge in [0.2, 0.25) is 0 Å². The van der Waals surface area contributed by atoms with Crippen LogP contribution in [0.5, 0.6) is 0 Å². The predicted molar refractivity (Wildman–Crippen MR) is 56.4 cm³/mol. The molecule has 1 aliphatic rings. The third kappa shape index (κ3) is 3.53. The summed E-state index contributed by atoms with van der Waals surface area (Å²) < 4.78 is 5.06. The molecular weight excluding hydrogens is 180 g/mol. The molecule has 0 aromatic heterocycles. The van der Waals surface area contributed by atoms with Crippen LogP contribution in [0.1, 0.15) is 6.42 Å². The van der Waals surface area contributed by atoms with E-state index in [0.717, 1.165) is 32.7 Å². The predicted octanol–water partition coefficient (Wildman–Crippen LogP) is -0.370. The number of ether oxygens (including phenoxy) is 1. The first-order valence-electron chi connectivity index (χ1n) is 5.19. The van der Waals surface area contributed by atoms with Gasteiger partial charge in [-0.05, 0) is 20.5 Å². The average molecular weight is 202 g/mol. The molecule has 1 heterocycles. The third-order valence-corrected chi connectivity index (χ3v) is 2.66. The van der Waals surface area contributed by atoms with Crippen LogP contribution in [0.25, 0.3) is 0 Å². The maximum absolute atomic E-state index is 9.58. The number of methoxy groups -OCH3 is 1. The lowest BCUT2D eigenvalue weighted by Crippen LogP contribution is -2.39. The molecule has 1 rings (SSSR count). The highest BCUT2D eigenvalue weighted by Gasteiger charge is 2.30. The minimum absolute atomic E-state index is 0.156. The SMILES string of the molecule is COCCN1CC(O)CC1CN(C)C. The molecular formula is C10H22N2O2. The van der Waals surface area contributed by atoms with Crippen LogP contribution in [0.4, 0.5) is 0 Å². The van der Waals surface area contributed by atoms with Crippen molar-refractivity contribution in [2.24, 2.45) is 0 Å². The van der Waals surface area contributed by atoms with Gasteiger partial charge in [-0.15, -0.1) is 0 Å². The number of hydrogen-bond donors (Lipinski definition) is 1. The molecule has 0 spiro atoms. The maximum Gasteiger partial charge on any atom is 0.0682 e. The Morgan fingerprint density at radius 3 is 2.79 bits per heavy atom. The van der Waals surface area contributed by atoms with E-state index in [1.807, 2.05) is 0 Å². The fourth-order valence-corrected chi connectivity index (χ4v) is 2.05. The minimum Gasteiger partial charge on any atom is -0.392 e. The highest BCUT2D eigenvalue weighted by molar-refractivity contribution is 4.86. The minimum atomic E-state index is -0.156. The molecule has 4 heteroatoms. The van der Waals surface area contributed by atoms with Crippen LogP contribution < -0.4 is 0 Å². The van der Waals surface area contributed by atoms with Crippen molar-refractivity contribution in [1.29, 1.82) is 0 Å². The zero-order valence-electron chi connectivity index (χ0n) is 9.44. The van der Waals surface area contributed by atoms with Crippen LogP contribution in [0.3, 0.4) is 0 Å². The molecule has 0 aromatic carbocycles. The number of nitrogens with zero attached hydrogens (tertiary/aromatic N) is 2. The van der Waals surface area contributed by atoms with Crippen molar-refractivity contribution in [2.75, 3.05) is 47.4 Å². The Bertz CT molecular complexity index is 164. The van der Waals surface area contributed by atoms with Gasteiger partial charge in [0, 0.05) is 32.8 Å². The van der Waals surface area contributed by atoms with Gasteiger partial charge >= 0.3 is 0 Å². The molecule has 14 heavy (non-hydrogen) atoms. The number of likely N-dealkylation sites (N-methyl/N-ethyl adjacent to an activating group) is 1. The van der Waals surface area contributed by atoms with Gasteiger partial charge in [-0.25, -0.2) is 0 Å². The molecule has 1 aliphatic heterocycles. The highest BCUT2D eigenvalue weighted by Crippen LogP contribution is 2.17. The van der Waals surface area contributed by atoms with Crippen LogP contribution in [0, 0.1) is 0 Å². The maximum atomic E-state index is 9.58. The van der Waals surface area contributed by atoms with Gasteiger partial charge in [-0.1, -0.05) is 0 Å². The molecule has 1 N–H and O–H groups in total. The first kappa shape index (κ1) is 11.9. The molecule has 1 saturated heterocycles. The lowest BCUT2D eigenvalue weighted by Gasteiger charge is -2.26. The van der Waals surface area contributed by atoms with Gasteiger partial charge in [-0.2, -0.15) is 0 Å². The van der Waals surface area contributed by atoms with Crippen LogP contribution in [0.15, 0.2) is 0 Å². The summed E-state index contributed by atoms with van der Waals surface area (Å²) in [5.74, 6) is 0. The van der Waals surface area contributed by atoms with Crippen LogP contribution in [-0.2, 0) is 4.74 Å². The normalized spacial score (nSPS) is 28.9. The van der Waals surface area contributed by atoms with Gasteiger partial charge in [0.15, 0.2) is 0 Å². The van der Waals surface area contributed by atoms with Crippen LogP contribution in [0.2, 0.25) is 0 Å². The second-order valence-electron chi connectivity index (χ2n) is 4.29. The van der Waals surface area contributed by atoms with Crippen molar-refractivity contribution in [2.45, 2.75) is 18.6 Å². The van der Waals surface area contributed by atoms with E-state index in [1.165, 1.54) is 0 Å². The standard InChI is InChI=1S/C10H22N2O2/c1-11(2)7-9-6-10(13)8-12(9)4-5-14-3/h9-10,13H,4-8H2,1-3H3. The molecule has 2 unspecified atom stereocenters. The number of hydrogen-bond acceptors (Lipinski definition) is 4. The number of rotatable bonds is 5. The van der Waals surface area contributed by atoms with E-state index in [9.17, 15) is 5.11 Å². The Balaban J connectivity index is 2.37. The van der Waals surface area contributed by atoms with E-state index in [2.05, 4.69) is 23.9 Å². The lowest BCUT2D eigenvalue weighted by atomic mass is 10.2. The zero-order chi connectivity index (χ0) is 10.6. The Morgan fingerprint density at radius 2 is 2.21 bits per heavy atom. The quantitative estimate of drug-likeness (QED) is 0.660. The van der Waals surface area contributed by atoms with Crippen molar-refractivity contribution in [3.05, 3.63) is 0 Å². The molecule has 0 bridgehead atoms. The highest BCUT2D eigenvalue weighted by atomic mass is 16.5. The van der Waals surface area contributed by atoms with Crippen molar-refractivity contribution in [3.63, 3.8) is 0 Å². The summed E-state index contributed by atoms with van der Waals surface area (Å²) in [6.45, 7) is 3.48. The zero-order valence-corrected chi connectivity index (χ0v) is 9.44. The molecule has 0 amide bonds. The summed E-state index contributed by atoms with van der Waals surface area (Å²) in [5, 5.41) is 9.58. The number of aliphatic hydroxyl groups is 1. The Labute approximate surface area is 86.4 Å². The van der Waals surface area contributed by atoms with E-state index < -0.39 is 0 Å². The molecule has 1 fully saturated rings. The van der Waals surface area contributed by atoms with Crippen LogP contribution in [-0.4, -0.2) is 74.5 Å². The Hall–Kier alpha value is -0.160.